The molecule has 0 aromatic heterocycles. The molecule has 2 aliphatic heterocycles. The summed E-state index contributed by atoms with van der Waals surface area (Å²) >= 11 is 0. The van der Waals surface area contributed by atoms with Gasteiger partial charge in [0.25, 0.3) is 21.8 Å². The zero-order valence-corrected chi connectivity index (χ0v) is 23.9. The normalized spacial score (nSPS) is 17.4. The van der Waals surface area contributed by atoms with Gasteiger partial charge < -0.3 is 14.4 Å². The van der Waals surface area contributed by atoms with E-state index < -0.39 is 51.1 Å². The molecule has 4 amide bonds. The highest BCUT2D eigenvalue weighted by Crippen LogP contribution is 2.20. The summed E-state index contributed by atoms with van der Waals surface area (Å²) in [5, 5.41) is 0. The van der Waals surface area contributed by atoms with Crippen molar-refractivity contribution in [2.45, 2.75) is 57.4 Å². The monoisotopic (exact) mass is 591 g/mol. The van der Waals surface area contributed by atoms with E-state index in [2.05, 4.69) is 0 Å². The number of carbonyl (C=O) groups excluding carboxylic acids is 6. The van der Waals surface area contributed by atoms with Crippen molar-refractivity contribution in [3.63, 3.8) is 0 Å². The Morgan fingerprint density at radius 3 is 2.32 bits per heavy atom. The Kier molecular flexibility index (Phi) is 10.0. The van der Waals surface area contributed by atoms with Crippen LogP contribution in [-0.2, 0) is 43.5 Å². The van der Waals surface area contributed by atoms with Gasteiger partial charge in [-0.1, -0.05) is 26.8 Å². The van der Waals surface area contributed by atoms with Gasteiger partial charge in [0.05, 0.1) is 10.5 Å². The van der Waals surface area contributed by atoms with Crippen LogP contribution in [0.2, 0.25) is 0 Å². The fourth-order valence-corrected chi connectivity index (χ4v) is 5.27. The van der Waals surface area contributed by atoms with Crippen molar-refractivity contribution >= 4 is 45.6 Å². The van der Waals surface area contributed by atoms with Gasteiger partial charge >= 0.3 is 11.9 Å². The molecule has 0 unspecified atom stereocenters. The van der Waals surface area contributed by atoms with Crippen molar-refractivity contribution < 1.29 is 46.7 Å². The van der Waals surface area contributed by atoms with E-state index in [1.165, 1.54) is 23.1 Å². The van der Waals surface area contributed by atoms with Crippen LogP contribution in [0.3, 0.4) is 0 Å². The average Bonchev–Trinajstić information content (AvgIpc) is 3.25. The molecular weight excluding hydrogens is 558 g/mol. The molecule has 0 radical (unpaired) electrons. The molecule has 13 nitrogen and oxygen atoms in total. The first kappa shape index (κ1) is 31.5. The molecule has 0 saturated carbocycles. The molecule has 2 aliphatic rings. The van der Waals surface area contributed by atoms with Crippen molar-refractivity contribution in [2.75, 3.05) is 26.3 Å². The van der Waals surface area contributed by atoms with Crippen LogP contribution in [-0.4, -0.2) is 86.1 Å². The highest BCUT2D eigenvalue weighted by atomic mass is 32.2. The Hall–Kier alpha value is -4.07. The third-order valence-electron chi connectivity index (χ3n) is 6.39. The van der Waals surface area contributed by atoms with Crippen LogP contribution in [0.1, 0.15) is 56.8 Å². The number of sulfonamides is 1. The maximum absolute atomic E-state index is 12.8. The van der Waals surface area contributed by atoms with Crippen molar-refractivity contribution in [1.82, 2.24) is 14.5 Å². The Bertz CT molecular complexity index is 1350. The van der Waals surface area contributed by atoms with Gasteiger partial charge in [-0.05, 0) is 37.5 Å². The topological polar surface area (TPSA) is 174 Å². The number of benzene rings is 1. The Morgan fingerprint density at radius 2 is 1.66 bits per heavy atom. The molecule has 14 heteroatoms. The molecule has 3 rings (SSSR count). The van der Waals surface area contributed by atoms with Crippen LogP contribution < -0.4 is 4.72 Å². The lowest BCUT2D eigenvalue weighted by molar-refractivity contribution is -0.158. The zero-order valence-electron chi connectivity index (χ0n) is 23.1. The summed E-state index contributed by atoms with van der Waals surface area (Å²) in [5.74, 6) is -3.62. The first-order chi connectivity index (χ1) is 19.2. The lowest BCUT2D eigenvalue weighted by atomic mass is 9.96. The van der Waals surface area contributed by atoms with Crippen molar-refractivity contribution in [2.24, 2.45) is 5.41 Å². The van der Waals surface area contributed by atoms with Crippen LogP contribution in [0.4, 0.5) is 0 Å². The molecule has 0 bridgehead atoms. The first-order valence-corrected chi connectivity index (χ1v) is 14.5. The number of likely N-dealkylation sites (tertiary alicyclic amines) is 1. The molecule has 1 N–H and O–H groups in total. The number of hydrogen-bond donors (Lipinski definition) is 1. The molecule has 222 valence electrons. The summed E-state index contributed by atoms with van der Waals surface area (Å²) in [5.41, 5.74) is -1.04. The number of ether oxygens (including phenoxy) is 2. The molecule has 2 heterocycles. The predicted molar refractivity (Wildman–Crippen MR) is 142 cm³/mol. The summed E-state index contributed by atoms with van der Waals surface area (Å²) in [6.07, 6.45) is 3.89. The van der Waals surface area contributed by atoms with Gasteiger partial charge in [-0.15, -0.1) is 0 Å². The van der Waals surface area contributed by atoms with Crippen molar-refractivity contribution in [3.05, 3.63) is 42.0 Å². The van der Waals surface area contributed by atoms with Crippen LogP contribution in [0.15, 0.2) is 41.3 Å². The maximum Gasteiger partial charge on any atom is 0.338 e. The van der Waals surface area contributed by atoms with Crippen molar-refractivity contribution in [1.29, 1.82) is 0 Å². The van der Waals surface area contributed by atoms with Gasteiger partial charge in [-0.2, -0.15) is 0 Å². The lowest BCUT2D eigenvalue weighted by Crippen LogP contribution is -2.49. The number of piperidine rings is 1. The Balaban J connectivity index is 1.50. The van der Waals surface area contributed by atoms with Crippen LogP contribution in [0, 0.1) is 5.41 Å². The fraction of sp³-hybridized carbons (Fsp3) is 0.481. The number of nitrogens with one attached hydrogen (secondary N) is 1. The van der Waals surface area contributed by atoms with Gasteiger partial charge in [0.2, 0.25) is 11.8 Å². The van der Waals surface area contributed by atoms with E-state index >= 15 is 0 Å². The van der Waals surface area contributed by atoms with E-state index in [0.717, 1.165) is 23.1 Å². The maximum atomic E-state index is 12.8. The van der Waals surface area contributed by atoms with Crippen LogP contribution >= 0.6 is 0 Å². The Morgan fingerprint density at radius 1 is 1.00 bits per heavy atom. The van der Waals surface area contributed by atoms with Gasteiger partial charge in [-0.25, -0.2) is 22.7 Å². The number of esters is 2. The second-order valence-electron chi connectivity index (χ2n) is 10.5. The number of rotatable bonds is 10. The standard InChI is InChI=1S/C27H33N3O10S/c1-27(2,3)26(36)28-41(37,38)19-8-6-7-18(17-19)24(34)39-15-16-40-25(35)20-9-4-5-13-29(20)23(33)12-14-30-21(31)10-11-22(30)32/h6-8,10-11,17,20H,4-5,9,12-16H2,1-3H3,(H,28,36)/t20-/m0/s1. The summed E-state index contributed by atoms with van der Waals surface area (Å²) < 4.78 is 37.4. The second-order valence-corrected chi connectivity index (χ2v) is 12.2. The minimum atomic E-state index is -4.22. The van der Waals surface area contributed by atoms with E-state index in [1.54, 1.807) is 20.8 Å². The zero-order chi connectivity index (χ0) is 30.4. The molecule has 41 heavy (non-hydrogen) atoms. The molecule has 1 aromatic rings. The van der Waals surface area contributed by atoms with E-state index in [4.69, 9.17) is 9.47 Å². The minimum Gasteiger partial charge on any atom is -0.461 e. The predicted octanol–water partition coefficient (Wildman–Crippen LogP) is 0.934. The Labute approximate surface area is 237 Å². The van der Waals surface area contributed by atoms with Gasteiger partial charge in [0.1, 0.15) is 19.3 Å². The molecule has 1 saturated heterocycles. The van der Waals surface area contributed by atoms with E-state index in [9.17, 15) is 37.2 Å². The molecule has 1 atom stereocenters. The molecule has 0 aliphatic carbocycles. The molecule has 1 aromatic carbocycles. The molecular formula is C27H33N3O10S. The molecule has 1 fully saturated rings. The SMILES string of the molecule is CC(C)(C)C(=O)NS(=O)(=O)c1cccc(C(=O)OCCOC(=O)[C@@H]2CCCCN2C(=O)CCN2C(=O)C=CC2=O)c1. The summed E-state index contributed by atoms with van der Waals surface area (Å²) in [6, 6.07) is 4.11. The van der Waals surface area contributed by atoms with Gasteiger partial charge in [0.15, 0.2) is 0 Å². The average molecular weight is 592 g/mol. The third kappa shape index (κ3) is 8.22. The van der Waals surface area contributed by atoms with Gasteiger partial charge in [-0.3, -0.25) is 24.1 Å². The highest BCUT2D eigenvalue weighted by Gasteiger charge is 2.34. The van der Waals surface area contributed by atoms with E-state index in [-0.39, 0.29) is 42.5 Å². The quantitative estimate of drug-likeness (QED) is 0.234. The largest absolute Gasteiger partial charge is 0.461 e. The number of amides is 4. The summed E-state index contributed by atoms with van der Waals surface area (Å²) in [4.78, 5) is 75.5. The van der Waals surface area contributed by atoms with Crippen LogP contribution in [0.5, 0.6) is 0 Å². The number of imide groups is 1. The van der Waals surface area contributed by atoms with Crippen LogP contribution in [0.25, 0.3) is 0 Å². The number of hydrogen-bond acceptors (Lipinski definition) is 10. The van der Waals surface area contributed by atoms with E-state index in [1.807, 2.05) is 4.72 Å². The highest BCUT2D eigenvalue weighted by molar-refractivity contribution is 7.90. The lowest BCUT2D eigenvalue weighted by Gasteiger charge is -2.34. The third-order valence-corrected chi connectivity index (χ3v) is 7.72. The summed E-state index contributed by atoms with van der Waals surface area (Å²) in [7, 11) is -4.22. The second kappa shape index (κ2) is 13.1. The van der Waals surface area contributed by atoms with Crippen molar-refractivity contribution in [3.8, 4) is 0 Å². The number of carbonyl (C=O) groups is 6. The molecule has 0 spiro atoms. The first-order valence-electron chi connectivity index (χ1n) is 13.0. The van der Waals surface area contributed by atoms with Gasteiger partial charge in [0, 0.05) is 37.1 Å². The smallest absolute Gasteiger partial charge is 0.338 e. The summed E-state index contributed by atoms with van der Waals surface area (Å²) in [6.45, 7) is 4.28. The van der Waals surface area contributed by atoms with E-state index in [0.29, 0.717) is 25.8 Å². The fourth-order valence-electron chi connectivity index (χ4n) is 4.06. The minimum absolute atomic E-state index is 0.0865. The number of nitrogens with zero attached hydrogens (tertiary/aromatic N) is 2.